The maximum absolute atomic E-state index is 5.83. The van der Waals surface area contributed by atoms with Crippen molar-refractivity contribution in [2.45, 2.75) is 33.3 Å². The van der Waals surface area contributed by atoms with Crippen molar-refractivity contribution in [2.24, 2.45) is 0 Å². The zero-order chi connectivity index (χ0) is 13.8. The van der Waals surface area contributed by atoms with Crippen molar-refractivity contribution in [3.63, 3.8) is 0 Å². The van der Waals surface area contributed by atoms with Gasteiger partial charge in [-0.05, 0) is 57.6 Å². The zero-order valence-corrected chi connectivity index (χ0v) is 13.2. The lowest BCUT2D eigenvalue weighted by Crippen LogP contribution is -1.97. The van der Waals surface area contributed by atoms with Crippen molar-refractivity contribution in [1.29, 1.82) is 0 Å². The number of rotatable bonds is 4. The van der Waals surface area contributed by atoms with Gasteiger partial charge in [0.2, 0.25) is 0 Å². The number of benzene rings is 2. The third-order valence-electron chi connectivity index (χ3n) is 3.13. The summed E-state index contributed by atoms with van der Waals surface area (Å²) in [5.41, 5.74) is 3.78. The molecule has 0 unspecified atom stereocenters. The average molecular weight is 319 g/mol. The highest BCUT2D eigenvalue weighted by Crippen LogP contribution is 2.26. The van der Waals surface area contributed by atoms with E-state index in [1.165, 1.54) is 16.7 Å². The largest absolute Gasteiger partial charge is 0.488 e. The fraction of sp³-hybridized carbons (Fsp3) is 0.294. The van der Waals surface area contributed by atoms with Crippen LogP contribution in [-0.4, -0.2) is 0 Å². The molecule has 0 N–H and O–H groups in total. The van der Waals surface area contributed by atoms with Crippen LogP contribution in [0.4, 0.5) is 0 Å². The van der Waals surface area contributed by atoms with Crippen LogP contribution in [0.2, 0.25) is 0 Å². The maximum atomic E-state index is 5.83. The Balaban J connectivity index is 2.02. The van der Waals surface area contributed by atoms with Gasteiger partial charge in [0.25, 0.3) is 0 Å². The number of aryl methyl sites for hydroxylation is 1. The minimum Gasteiger partial charge on any atom is -0.488 e. The molecule has 0 amide bonds. The molecule has 100 valence electrons. The number of ether oxygens (including phenoxy) is 1. The highest BCUT2D eigenvalue weighted by Gasteiger charge is 2.03. The first kappa shape index (κ1) is 14.1. The Bertz CT molecular complexity index is 544. The van der Waals surface area contributed by atoms with E-state index < -0.39 is 0 Å². The lowest BCUT2D eigenvalue weighted by Gasteiger charge is -2.10. The molecule has 0 heterocycles. The normalized spacial score (nSPS) is 10.8. The summed E-state index contributed by atoms with van der Waals surface area (Å²) >= 11 is 3.53. The van der Waals surface area contributed by atoms with Crippen molar-refractivity contribution in [3.8, 4) is 5.75 Å². The Kier molecular flexibility index (Phi) is 4.65. The molecule has 0 bridgehead atoms. The second-order valence-electron chi connectivity index (χ2n) is 5.12. The lowest BCUT2D eigenvalue weighted by atomic mass is 10.0. The molecule has 0 aliphatic rings. The monoisotopic (exact) mass is 318 g/mol. The van der Waals surface area contributed by atoms with Gasteiger partial charge in [-0.25, -0.2) is 0 Å². The van der Waals surface area contributed by atoms with Crippen LogP contribution >= 0.6 is 15.9 Å². The summed E-state index contributed by atoms with van der Waals surface area (Å²) < 4.78 is 6.84. The summed E-state index contributed by atoms with van der Waals surface area (Å²) in [5, 5.41) is 0. The minimum atomic E-state index is 0.571. The second-order valence-corrected chi connectivity index (χ2v) is 5.97. The van der Waals surface area contributed by atoms with Crippen LogP contribution in [0.3, 0.4) is 0 Å². The summed E-state index contributed by atoms with van der Waals surface area (Å²) in [6.45, 7) is 7.07. The molecule has 0 saturated heterocycles. The molecule has 2 aromatic rings. The quantitative estimate of drug-likeness (QED) is 0.727. The molecule has 0 saturated carbocycles. The third-order valence-corrected chi connectivity index (χ3v) is 3.75. The van der Waals surface area contributed by atoms with Crippen LogP contribution in [-0.2, 0) is 6.61 Å². The van der Waals surface area contributed by atoms with Gasteiger partial charge >= 0.3 is 0 Å². The predicted octanol–water partition coefficient (Wildman–Crippen LogP) is 5.46. The highest BCUT2D eigenvalue weighted by molar-refractivity contribution is 9.10. The molecule has 0 spiro atoms. The van der Waals surface area contributed by atoms with Gasteiger partial charge in [-0.3, -0.25) is 0 Å². The van der Waals surface area contributed by atoms with Gasteiger partial charge in [-0.1, -0.05) is 44.2 Å². The topological polar surface area (TPSA) is 9.23 Å². The van der Waals surface area contributed by atoms with Gasteiger partial charge in [0.05, 0.1) is 4.47 Å². The van der Waals surface area contributed by atoms with Gasteiger partial charge in [0, 0.05) is 0 Å². The van der Waals surface area contributed by atoms with E-state index in [9.17, 15) is 0 Å². The summed E-state index contributed by atoms with van der Waals surface area (Å²) in [4.78, 5) is 0. The lowest BCUT2D eigenvalue weighted by molar-refractivity contribution is 0.304. The zero-order valence-electron chi connectivity index (χ0n) is 11.6. The minimum absolute atomic E-state index is 0.571. The molecule has 2 rings (SSSR count). The first-order chi connectivity index (χ1) is 9.06. The predicted molar refractivity (Wildman–Crippen MR) is 83.7 cm³/mol. The standard InChI is InChI=1S/C17H19BrO/c1-12(2)15-7-5-14(6-8-15)11-19-17-9-4-13(3)10-16(17)18/h4-10,12H,11H2,1-3H3. The Morgan fingerprint density at radius 2 is 1.74 bits per heavy atom. The smallest absolute Gasteiger partial charge is 0.134 e. The van der Waals surface area contributed by atoms with Gasteiger partial charge in [0.15, 0.2) is 0 Å². The van der Waals surface area contributed by atoms with Crippen LogP contribution in [0.25, 0.3) is 0 Å². The number of hydrogen-bond donors (Lipinski definition) is 0. The molecule has 2 aromatic carbocycles. The Hall–Kier alpha value is -1.28. The summed E-state index contributed by atoms with van der Waals surface area (Å²) in [5.74, 6) is 1.46. The van der Waals surface area contributed by atoms with Crippen LogP contribution in [0.5, 0.6) is 5.75 Å². The second kappa shape index (κ2) is 6.25. The SMILES string of the molecule is Cc1ccc(OCc2ccc(C(C)C)cc2)c(Br)c1. The molecule has 0 radical (unpaired) electrons. The van der Waals surface area contributed by atoms with E-state index in [1.807, 2.05) is 6.07 Å². The summed E-state index contributed by atoms with van der Waals surface area (Å²) in [7, 11) is 0. The molecular weight excluding hydrogens is 300 g/mol. The number of halogens is 1. The molecular formula is C17H19BrO. The van der Waals surface area contributed by atoms with E-state index in [0.29, 0.717) is 12.5 Å². The molecule has 19 heavy (non-hydrogen) atoms. The van der Waals surface area contributed by atoms with E-state index in [2.05, 4.69) is 73.1 Å². The molecule has 1 nitrogen and oxygen atoms in total. The fourth-order valence-electron chi connectivity index (χ4n) is 1.88. The van der Waals surface area contributed by atoms with Crippen molar-refractivity contribution >= 4 is 15.9 Å². The Morgan fingerprint density at radius 3 is 2.32 bits per heavy atom. The molecule has 0 aliphatic heterocycles. The van der Waals surface area contributed by atoms with Gasteiger partial charge in [-0.15, -0.1) is 0 Å². The van der Waals surface area contributed by atoms with E-state index in [-0.39, 0.29) is 0 Å². The van der Waals surface area contributed by atoms with Crippen LogP contribution < -0.4 is 4.74 Å². The van der Waals surface area contributed by atoms with E-state index in [0.717, 1.165) is 10.2 Å². The third kappa shape index (κ3) is 3.84. The average Bonchev–Trinajstić information content (AvgIpc) is 2.38. The van der Waals surface area contributed by atoms with Crippen LogP contribution in [0.15, 0.2) is 46.9 Å². The summed E-state index contributed by atoms with van der Waals surface area (Å²) in [6, 6.07) is 14.7. The molecule has 0 aliphatic carbocycles. The van der Waals surface area contributed by atoms with Crippen molar-refractivity contribution in [2.75, 3.05) is 0 Å². The van der Waals surface area contributed by atoms with Crippen molar-refractivity contribution in [3.05, 3.63) is 63.6 Å². The van der Waals surface area contributed by atoms with Crippen LogP contribution in [0.1, 0.15) is 36.5 Å². The van der Waals surface area contributed by atoms with Gasteiger partial charge in [0.1, 0.15) is 12.4 Å². The highest BCUT2D eigenvalue weighted by atomic mass is 79.9. The molecule has 0 fully saturated rings. The van der Waals surface area contributed by atoms with Gasteiger partial charge in [-0.2, -0.15) is 0 Å². The Morgan fingerprint density at radius 1 is 1.05 bits per heavy atom. The van der Waals surface area contributed by atoms with Gasteiger partial charge < -0.3 is 4.74 Å². The van der Waals surface area contributed by atoms with Crippen molar-refractivity contribution in [1.82, 2.24) is 0 Å². The first-order valence-corrected chi connectivity index (χ1v) is 7.33. The first-order valence-electron chi connectivity index (χ1n) is 6.54. The molecule has 0 atom stereocenters. The van der Waals surface area contributed by atoms with E-state index in [1.54, 1.807) is 0 Å². The maximum Gasteiger partial charge on any atom is 0.134 e. The Labute approximate surface area is 123 Å². The molecule has 0 aromatic heterocycles. The van der Waals surface area contributed by atoms with Crippen molar-refractivity contribution < 1.29 is 4.74 Å². The number of hydrogen-bond acceptors (Lipinski definition) is 1. The molecule has 2 heteroatoms. The van der Waals surface area contributed by atoms with Crippen LogP contribution in [0, 0.1) is 6.92 Å². The van der Waals surface area contributed by atoms with E-state index >= 15 is 0 Å². The van der Waals surface area contributed by atoms with E-state index in [4.69, 9.17) is 4.74 Å². The summed E-state index contributed by atoms with van der Waals surface area (Å²) in [6.07, 6.45) is 0. The fourth-order valence-corrected chi connectivity index (χ4v) is 2.49.